The van der Waals surface area contributed by atoms with E-state index in [4.69, 9.17) is 0 Å². The number of amides is 1. The molecule has 0 saturated heterocycles. The molecule has 2 aromatic carbocycles. The number of nitrogens with one attached hydrogen (secondary N) is 1. The summed E-state index contributed by atoms with van der Waals surface area (Å²) in [5, 5.41) is 4.16. The Morgan fingerprint density at radius 1 is 0.893 bits per heavy atom. The highest BCUT2D eigenvalue weighted by Crippen LogP contribution is 2.15. The van der Waals surface area contributed by atoms with Crippen molar-refractivity contribution in [2.45, 2.75) is 6.92 Å². The Kier molecular flexibility index (Phi) is 4.89. The van der Waals surface area contributed by atoms with Crippen LogP contribution in [0.3, 0.4) is 0 Å². The van der Waals surface area contributed by atoms with E-state index in [9.17, 15) is 4.79 Å². The molecule has 0 fully saturated rings. The Balaban J connectivity index is 1.51. The van der Waals surface area contributed by atoms with Crippen molar-refractivity contribution < 1.29 is 4.79 Å². The first-order valence-electron chi connectivity index (χ1n) is 9.03. The molecule has 4 aromatic rings. The van der Waals surface area contributed by atoms with E-state index in [1.165, 1.54) is 0 Å². The van der Waals surface area contributed by atoms with Crippen LogP contribution in [0.5, 0.6) is 0 Å². The monoisotopic (exact) mass is 368 g/mol. The minimum atomic E-state index is -0.250. The van der Waals surface area contributed by atoms with Gasteiger partial charge in [-0.05, 0) is 61.5 Å². The van der Waals surface area contributed by atoms with Crippen molar-refractivity contribution in [3.63, 3.8) is 0 Å². The summed E-state index contributed by atoms with van der Waals surface area (Å²) in [6.45, 7) is 2.04. The quantitative estimate of drug-likeness (QED) is 0.413. The Morgan fingerprint density at radius 3 is 2.43 bits per heavy atom. The fraction of sp³-hybridized carbons (Fsp3) is 0.0435. The summed E-state index contributed by atoms with van der Waals surface area (Å²) in [6.07, 6.45) is 5.54. The van der Waals surface area contributed by atoms with Gasteiger partial charge in [0.1, 0.15) is 0 Å². The Morgan fingerprint density at radius 2 is 1.64 bits per heavy atom. The van der Waals surface area contributed by atoms with Crippen LogP contribution in [0.2, 0.25) is 0 Å². The van der Waals surface area contributed by atoms with Crippen molar-refractivity contribution in [1.29, 1.82) is 0 Å². The van der Waals surface area contributed by atoms with Gasteiger partial charge in [0.2, 0.25) is 0 Å². The van der Waals surface area contributed by atoms with E-state index in [0.717, 1.165) is 22.8 Å². The number of benzene rings is 2. The predicted molar refractivity (Wildman–Crippen MR) is 111 cm³/mol. The van der Waals surface area contributed by atoms with Gasteiger partial charge >= 0.3 is 0 Å². The van der Waals surface area contributed by atoms with E-state index in [1.807, 2.05) is 96.7 Å². The maximum absolute atomic E-state index is 12.5. The second kappa shape index (κ2) is 7.80. The van der Waals surface area contributed by atoms with Crippen LogP contribution in [-0.2, 0) is 0 Å². The van der Waals surface area contributed by atoms with Gasteiger partial charge in [0, 0.05) is 35.0 Å². The molecule has 1 amide bonds. The van der Waals surface area contributed by atoms with Crippen molar-refractivity contribution in [2.24, 2.45) is 5.10 Å². The molecule has 0 saturated carbocycles. The molecule has 1 N–H and O–H groups in total. The Bertz CT molecular complexity index is 1110. The maximum Gasteiger partial charge on any atom is 0.271 e. The third-order valence-electron chi connectivity index (χ3n) is 4.49. The van der Waals surface area contributed by atoms with Crippen LogP contribution >= 0.6 is 0 Å². The molecule has 0 aliphatic carbocycles. The van der Waals surface area contributed by atoms with Gasteiger partial charge in [-0.3, -0.25) is 4.79 Å². The second-order valence-corrected chi connectivity index (χ2v) is 6.41. The van der Waals surface area contributed by atoms with Gasteiger partial charge in [-0.2, -0.15) is 5.10 Å². The molecule has 0 aliphatic heterocycles. The summed E-state index contributed by atoms with van der Waals surface area (Å²) in [4.78, 5) is 12.5. The molecule has 2 heterocycles. The Labute approximate surface area is 163 Å². The van der Waals surface area contributed by atoms with Crippen molar-refractivity contribution in [3.8, 4) is 11.4 Å². The lowest BCUT2D eigenvalue weighted by atomic mass is 10.2. The van der Waals surface area contributed by atoms with Crippen LogP contribution in [0.4, 0.5) is 0 Å². The highest BCUT2D eigenvalue weighted by molar-refractivity contribution is 5.95. The van der Waals surface area contributed by atoms with Gasteiger partial charge in [-0.15, -0.1) is 0 Å². The first-order valence-corrected chi connectivity index (χ1v) is 9.03. The number of rotatable bonds is 5. The van der Waals surface area contributed by atoms with E-state index >= 15 is 0 Å². The number of aryl methyl sites for hydroxylation is 1. The highest BCUT2D eigenvalue weighted by atomic mass is 16.2. The smallest absolute Gasteiger partial charge is 0.271 e. The largest absolute Gasteiger partial charge is 0.324 e. The Hall–Kier alpha value is -3.86. The summed E-state index contributed by atoms with van der Waals surface area (Å²) in [6, 6.07) is 25.4. The number of carbonyl (C=O) groups is 1. The minimum Gasteiger partial charge on any atom is -0.324 e. The van der Waals surface area contributed by atoms with Gasteiger partial charge in [0.25, 0.3) is 5.91 Å². The molecule has 0 bridgehead atoms. The van der Waals surface area contributed by atoms with E-state index in [0.29, 0.717) is 5.56 Å². The number of para-hydroxylation sites is 1. The normalized spacial score (nSPS) is 11.0. The molecular weight excluding hydrogens is 348 g/mol. The number of hydrogen-bond donors (Lipinski definition) is 1. The first-order chi connectivity index (χ1) is 13.7. The average molecular weight is 368 g/mol. The van der Waals surface area contributed by atoms with Crippen molar-refractivity contribution >= 4 is 12.1 Å². The summed E-state index contributed by atoms with van der Waals surface area (Å²) in [5.74, 6) is -0.250. The van der Waals surface area contributed by atoms with E-state index < -0.39 is 0 Å². The number of hydrogen-bond acceptors (Lipinski definition) is 2. The molecule has 0 atom stereocenters. The van der Waals surface area contributed by atoms with Crippen molar-refractivity contribution in [3.05, 3.63) is 108 Å². The average Bonchev–Trinajstić information content (AvgIpc) is 3.39. The molecule has 5 heteroatoms. The minimum absolute atomic E-state index is 0.250. The molecule has 0 aliphatic rings. The van der Waals surface area contributed by atoms with Crippen LogP contribution in [-0.4, -0.2) is 21.3 Å². The van der Waals surface area contributed by atoms with Crippen LogP contribution in [0.15, 0.2) is 96.4 Å². The SMILES string of the molecule is Cc1ccc(/C=N\NC(=O)c2cccc(-n3cccc3)c2)n1-c1ccccc1. The number of aromatic nitrogens is 2. The molecule has 138 valence electrons. The van der Waals surface area contributed by atoms with Gasteiger partial charge in [-0.25, -0.2) is 5.43 Å². The number of nitrogens with zero attached hydrogens (tertiary/aromatic N) is 3. The van der Waals surface area contributed by atoms with E-state index in [2.05, 4.69) is 15.1 Å². The van der Waals surface area contributed by atoms with Crippen LogP contribution in [0.1, 0.15) is 21.7 Å². The number of carbonyl (C=O) groups excluding carboxylic acids is 1. The second-order valence-electron chi connectivity index (χ2n) is 6.41. The molecule has 4 rings (SSSR count). The third-order valence-corrected chi connectivity index (χ3v) is 4.49. The summed E-state index contributed by atoms with van der Waals surface area (Å²) in [5.41, 5.74) is 7.14. The van der Waals surface area contributed by atoms with Gasteiger partial charge in [0.05, 0.1) is 11.9 Å². The first kappa shape index (κ1) is 17.5. The summed E-state index contributed by atoms with van der Waals surface area (Å²) < 4.78 is 4.04. The summed E-state index contributed by atoms with van der Waals surface area (Å²) >= 11 is 0. The van der Waals surface area contributed by atoms with E-state index in [-0.39, 0.29) is 5.91 Å². The zero-order chi connectivity index (χ0) is 19.3. The molecule has 0 spiro atoms. The molecule has 0 radical (unpaired) electrons. The fourth-order valence-corrected chi connectivity index (χ4v) is 3.13. The zero-order valence-corrected chi connectivity index (χ0v) is 15.5. The lowest BCUT2D eigenvalue weighted by molar-refractivity contribution is 0.0955. The van der Waals surface area contributed by atoms with Crippen LogP contribution in [0.25, 0.3) is 11.4 Å². The fourth-order valence-electron chi connectivity index (χ4n) is 3.13. The topological polar surface area (TPSA) is 51.3 Å². The van der Waals surface area contributed by atoms with Gasteiger partial charge in [0.15, 0.2) is 0 Å². The molecule has 2 aromatic heterocycles. The van der Waals surface area contributed by atoms with Crippen LogP contribution in [0, 0.1) is 6.92 Å². The van der Waals surface area contributed by atoms with E-state index in [1.54, 1.807) is 12.3 Å². The number of hydrazone groups is 1. The zero-order valence-electron chi connectivity index (χ0n) is 15.5. The molecule has 0 unspecified atom stereocenters. The van der Waals surface area contributed by atoms with Gasteiger partial charge in [-0.1, -0.05) is 24.3 Å². The standard InChI is InChI=1S/C23H20N4O/c1-18-12-13-22(27(18)20-9-3-2-4-10-20)17-24-25-23(28)19-8-7-11-21(16-19)26-14-5-6-15-26/h2-17H,1H3,(H,25,28)/b24-17-. The van der Waals surface area contributed by atoms with Gasteiger partial charge < -0.3 is 9.13 Å². The lowest BCUT2D eigenvalue weighted by Crippen LogP contribution is -2.18. The molecule has 5 nitrogen and oxygen atoms in total. The maximum atomic E-state index is 12.5. The lowest BCUT2D eigenvalue weighted by Gasteiger charge is -2.09. The van der Waals surface area contributed by atoms with Crippen molar-refractivity contribution in [1.82, 2.24) is 14.6 Å². The predicted octanol–water partition coefficient (Wildman–Crippen LogP) is 4.34. The molecule has 28 heavy (non-hydrogen) atoms. The van der Waals surface area contributed by atoms with Crippen LogP contribution < -0.4 is 5.43 Å². The third kappa shape index (κ3) is 3.64. The molecular formula is C23H20N4O. The highest BCUT2D eigenvalue weighted by Gasteiger charge is 2.07. The van der Waals surface area contributed by atoms with Crippen molar-refractivity contribution in [2.75, 3.05) is 0 Å². The summed E-state index contributed by atoms with van der Waals surface area (Å²) in [7, 11) is 0.